The first-order chi connectivity index (χ1) is 11.2. The molecule has 0 unspecified atom stereocenters. The van der Waals surface area contributed by atoms with Crippen molar-refractivity contribution in [2.45, 2.75) is 11.4 Å². The number of hydrogen-bond acceptors (Lipinski definition) is 4. The Kier molecular flexibility index (Phi) is 6.90. The number of rotatable bonds is 6. The maximum Gasteiger partial charge on any atom is 0.187 e. The highest BCUT2D eigenvalue weighted by Crippen LogP contribution is 2.14. The Morgan fingerprint density at radius 1 is 1.17 bits per heavy atom. The molecule has 0 aliphatic rings. The molecule has 0 radical (unpaired) electrons. The van der Waals surface area contributed by atoms with Gasteiger partial charge in [-0.15, -0.1) is 11.8 Å². The van der Waals surface area contributed by atoms with E-state index in [1.807, 2.05) is 36.4 Å². The van der Waals surface area contributed by atoms with Crippen LogP contribution in [-0.4, -0.2) is 24.7 Å². The molecule has 0 saturated carbocycles. The molecular weight excluding hydrogens is 326 g/mol. The van der Waals surface area contributed by atoms with E-state index in [0.29, 0.717) is 11.7 Å². The number of benzene rings is 2. The molecule has 2 aromatic carbocycles. The van der Waals surface area contributed by atoms with E-state index < -0.39 is 0 Å². The second kappa shape index (κ2) is 9.17. The fraction of sp³-hybridized carbons (Fsp3) is 0.176. The number of thioether (sulfide) groups is 1. The molecule has 0 saturated heterocycles. The van der Waals surface area contributed by atoms with Gasteiger partial charge in [0.15, 0.2) is 5.11 Å². The van der Waals surface area contributed by atoms with Crippen LogP contribution in [0.3, 0.4) is 0 Å². The van der Waals surface area contributed by atoms with E-state index in [1.165, 1.54) is 4.90 Å². The third-order valence-electron chi connectivity index (χ3n) is 3.11. The van der Waals surface area contributed by atoms with Gasteiger partial charge in [-0.1, -0.05) is 24.3 Å². The quantitative estimate of drug-likeness (QED) is 0.364. The topological polar surface area (TPSA) is 45.6 Å². The van der Waals surface area contributed by atoms with Crippen molar-refractivity contribution in [2.24, 2.45) is 5.10 Å². The Balaban J connectivity index is 1.76. The molecule has 0 aromatic heterocycles. The van der Waals surface area contributed by atoms with E-state index in [0.717, 1.165) is 16.9 Å². The lowest BCUT2D eigenvalue weighted by atomic mass is 10.2. The molecule has 2 rings (SSSR count). The SMILES string of the molecule is COc1ccc(CNC(=S)N/N=C\c2ccc(SC)cc2)cc1. The predicted molar refractivity (Wildman–Crippen MR) is 101 cm³/mol. The summed E-state index contributed by atoms with van der Waals surface area (Å²) in [6, 6.07) is 16.0. The lowest BCUT2D eigenvalue weighted by molar-refractivity contribution is 0.414. The van der Waals surface area contributed by atoms with E-state index in [1.54, 1.807) is 25.1 Å². The molecule has 0 heterocycles. The minimum Gasteiger partial charge on any atom is -0.497 e. The summed E-state index contributed by atoms with van der Waals surface area (Å²) >= 11 is 6.91. The zero-order valence-corrected chi connectivity index (χ0v) is 14.7. The third-order valence-corrected chi connectivity index (χ3v) is 4.09. The summed E-state index contributed by atoms with van der Waals surface area (Å²) in [7, 11) is 1.65. The number of hydrogen-bond donors (Lipinski definition) is 2. The summed E-state index contributed by atoms with van der Waals surface area (Å²) in [5.74, 6) is 0.839. The van der Waals surface area contributed by atoms with Gasteiger partial charge in [0.1, 0.15) is 5.75 Å². The molecule has 0 aliphatic heterocycles. The summed E-state index contributed by atoms with van der Waals surface area (Å²) in [5, 5.41) is 7.72. The van der Waals surface area contributed by atoms with Crippen molar-refractivity contribution in [2.75, 3.05) is 13.4 Å². The molecule has 2 N–H and O–H groups in total. The molecule has 0 spiro atoms. The second-order valence-electron chi connectivity index (χ2n) is 4.67. The first-order valence-electron chi connectivity index (χ1n) is 7.05. The molecule has 2 aromatic rings. The summed E-state index contributed by atoms with van der Waals surface area (Å²) < 4.78 is 5.13. The largest absolute Gasteiger partial charge is 0.497 e. The zero-order valence-electron chi connectivity index (χ0n) is 13.1. The van der Waals surface area contributed by atoms with Crippen LogP contribution >= 0.6 is 24.0 Å². The number of nitrogens with zero attached hydrogens (tertiary/aromatic N) is 1. The molecule has 23 heavy (non-hydrogen) atoms. The van der Waals surface area contributed by atoms with Crippen molar-refractivity contribution >= 4 is 35.3 Å². The van der Waals surface area contributed by atoms with Crippen molar-refractivity contribution in [1.29, 1.82) is 0 Å². The maximum absolute atomic E-state index is 5.19. The smallest absolute Gasteiger partial charge is 0.187 e. The Hall–Kier alpha value is -2.05. The van der Waals surface area contributed by atoms with Gasteiger partial charge in [0, 0.05) is 11.4 Å². The maximum atomic E-state index is 5.19. The third kappa shape index (κ3) is 5.92. The monoisotopic (exact) mass is 345 g/mol. The van der Waals surface area contributed by atoms with Crippen LogP contribution < -0.4 is 15.5 Å². The van der Waals surface area contributed by atoms with Crippen LogP contribution in [0.15, 0.2) is 58.5 Å². The van der Waals surface area contributed by atoms with E-state index in [9.17, 15) is 0 Å². The average molecular weight is 345 g/mol. The minimum atomic E-state index is 0.484. The second-order valence-corrected chi connectivity index (χ2v) is 5.96. The van der Waals surface area contributed by atoms with Crippen LogP contribution in [0.4, 0.5) is 0 Å². The lowest BCUT2D eigenvalue weighted by Crippen LogP contribution is -2.31. The Morgan fingerprint density at radius 3 is 2.48 bits per heavy atom. The molecule has 0 atom stereocenters. The first kappa shape index (κ1) is 17.3. The Morgan fingerprint density at radius 2 is 1.87 bits per heavy atom. The van der Waals surface area contributed by atoms with Gasteiger partial charge in [-0.3, -0.25) is 5.43 Å². The summed E-state index contributed by atoms with van der Waals surface area (Å²) in [6.07, 6.45) is 3.79. The molecule has 6 heteroatoms. The van der Waals surface area contributed by atoms with Gasteiger partial charge >= 0.3 is 0 Å². The number of hydrazone groups is 1. The van der Waals surface area contributed by atoms with Gasteiger partial charge in [0.2, 0.25) is 0 Å². The van der Waals surface area contributed by atoms with Crippen molar-refractivity contribution in [3.63, 3.8) is 0 Å². The highest BCUT2D eigenvalue weighted by molar-refractivity contribution is 7.98. The molecular formula is C17H19N3OS2. The van der Waals surface area contributed by atoms with Gasteiger partial charge in [0.25, 0.3) is 0 Å². The van der Waals surface area contributed by atoms with Gasteiger partial charge in [-0.25, -0.2) is 0 Å². The van der Waals surface area contributed by atoms with Crippen LogP contribution in [0.1, 0.15) is 11.1 Å². The van der Waals surface area contributed by atoms with Crippen molar-refractivity contribution < 1.29 is 4.74 Å². The van der Waals surface area contributed by atoms with E-state index >= 15 is 0 Å². The van der Waals surface area contributed by atoms with Crippen LogP contribution in [0.25, 0.3) is 0 Å². The first-order valence-corrected chi connectivity index (χ1v) is 8.68. The summed E-state index contributed by atoms with van der Waals surface area (Å²) in [5.41, 5.74) is 4.95. The van der Waals surface area contributed by atoms with E-state index in [2.05, 4.69) is 34.2 Å². The highest BCUT2D eigenvalue weighted by Gasteiger charge is 1.97. The van der Waals surface area contributed by atoms with Crippen LogP contribution in [0.5, 0.6) is 5.75 Å². The molecule has 0 aliphatic carbocycles. The molecule has 120 valence electrons. The fourth-order valence-electron chi connectivity index (χ4n) is 1.82. The fourth-order valence-corrected chi connectivity index (χ4v) is 2.35. The van der Waals surface area contributed by atoms with Crippen LogP contribution in [0.2, 0.25) is 0 Å². The standard InChI is InChI=1S/C17H19N3OS2/c1-21-15-7-3-13(4-8-15)11-18-17(22)20-19-12-14-5-9-16(23-2)10-6-14/h3-10,12H,11H2,1-2H3,(H2,18,20,22)/b19-12-. The Bertz CT molecular complexity index is 655. The summed E-state index contributed by atoms with van der Waals surface area (Å²) in [6.45, 7) is 0.633. The van der Waals surface area contributed by atoms with Gasteiger partial charge in [-0.05, 0) is 53.9 Å². The molecule has 0 amide bonds. The lowest BCUT2D eigenvalue weighted by Gasteiger charge is -2.07. The van der Waals surface area contributed by atoms with Crippen molar-refractivity contribution in [3.8, 4) is 5.75 Å². The van der Waals surface area contributed by atoms with Gasteiger partial charge < -0.3 is 10.1 Å². The van der Waals surface area contributed by atoms with Crippen LogP contribution in [0, 0.1) is 0 Å². The van der Waals surface area contributed by atoms with E-state index in [-0.39, 0.29) is 0 Å². The average Bonchev–Trinajstić information content (AvgIpc) is 2.61. The van der Waals surface area contributed by atoms with E-state index in [4.69, 9.17) is 17.0 Å². The zero-order chi connectivity index (χ0) is 16.5. The van der Waals surface area contributed by atoms with Crippen LogP contribution in [-0.2, 0) is 6.54 Å². The van der Waals surface area contributed by atoms with Crippen molar-refractivity contribution in [1.82, 2.24) is 10.7 Å². The number of thiocarbonyl (C=S) groups is 1. The number of nitrogens with one attached hydrogen (secondary N) is 2. The number of ether oxygens (including phenoxy) is 1. The summed E-state index contributed by atoms with van der Waals surface area (Å²) in [4.78, 5) is 1.23. The molecule has 0 fully saturated rings. The minimum absolute atomic E-state index is 0.484. The molecule has 0 bridgehead atoms. The number of methoxy groups -OCH3 is 1. The van der Waals surface area contributed by atoms with Gasteiger partial charge in [-0.2, -0.15) is 5.10 Å². The molecule has 4 nitrogen and oxygen atoms in total. The predicted octanol–water partition coefficient (Wildman–Crippen LogP) is 3.42. The van der Waals surface area contributed by atoms with Gasteiger partial charge in [0.05, 0.1) is 13.3 Å². The van der Waals surface area contributed by atoms with Crippen molar-refractivity contribution in [3.05, 3.63) is 59.7 Å². The Labute approximate surface area is 146 Å². The highest BCUT2D eigenvalue weighted by atomic mass is 32.2. The normalized spacial score (nSPS) is 10.5.